The van der Waals surface area contributed by atoms with Crippen molar-refractivity contribution < 1.29 is 22.4 Å². The maximum atomic E-state index is 7.12. The van der Waals surface area contributed by atoms with Crippen LogP contribution in [0.15, 0.2) is 133 Å². The maximum Gasteiger partial charge on any atom is 1.00 e. The molecular formula is C33H25AuP+. The van der Waals surface area contributed by atoms with Gasteiger partial charge in [-0.15, -0.1) is 17.7 Å². The van der Waals surface area contributed by atoms with Crippen LogP contribution in [0.25, 0.3) is 11.1 Å². The van der Waals surface area contributed by atoms with Crippen molar-refractivity contribution in [3.05, 3.63) is 157 Å². The summed E-state index contributed by atoms with van der Waals surface area (Å²) in [6.07, 6.45) is 8.10. The van der Waals surface area contributed by atoms with Crippen LogP contribution in [-0.2, 0) is 28.8 Å². The number of hydrogen-bond acceptors (Lipinski definition) is 0. The zero-order valence-electron chi connectivity index (χ0n) is 19.2. The van der Waals surface area contributed by atoms with Crippen LogP contribution in [0.5, 0.6) is 0 Å². The first-order valence-corrected chi connectivity index (χ1v) is 13.0. The molecule has 0 saturated heterocycles. The van der Waals surface area contributed by atoms with Crippen LogP contribution in [0.3, 0.4) is 0 Å². The van der Waals surface area contributed by atoms with Gasteiger partial charge in [-0.1, -0.05) is 90.5 Å². The second-order valence-electron chi connectivity index (χ2n) is 8.30. The van der Waals surface area contributed by atoms with E-state index in [0.717, 1.165) is 12.0 Å². The SMILES string of the molecule is [Au+].[C-]#Cc1ccc2c(c1)Cc1ccccc1-2.c1ccc([PH+](c2ccccc2)c2ccccc2)cc1. The number of rotatable bonds is 3. The Balaban J connectivity index is 0.000000164. The van der Waals surface area contributed by atoms with Crippen molar-refractivity contribution in [2.45, 2.75) is 6.42 Å². The second-order valence-corrected chi connectivity index (χ2v) is 10.8. The van der Waals surface area contributed by atoms with Crippen molar-refractivity contribution in [2.75, 3.05) is 0 Å². The van der Waals surface area contributed by atoms with Gasteiger partial charge in [0.15, 0.2) is 0 Å². The fourth-order valence-corrected chi connectivity index (χ4v) is 7.11. The van der Waals surface area contributed by atoms with Gasteiger partial charge in [0.25, 0.3) is 0 Å². The van der Waals surface area contributed by atoms with Crippen molar-refractivity contribution >= 4 is 23.8 Å². The van der Waals surface area contributed by atoms with Gasteiger partial charge in [0.1, 0.15) is 15.9 Å². The van der Waals surface area contributed by atoms with Gasteiger partial charge >= 0.3 is 22.4 Å². The van der Waals surface area contributed by atoms with Crippen molar-refractivity contribution in [1.82, 2.24) is 0 Å². The van der Waals surface area contributed by atoms with E-state index in [9.17, 15) is 0 Å². The molecule has 6 rings (SSSR count). The van der Waals surface area contributed by atoms with Crippen molar-refractivity contribution in [3.8, 4) is 17.0 Å². The maximum absolute atomic E-state index is 7.12. The summed E-state index contributed by atoms with van der Waals surface area (Å²) in [4.78, 5) is 0. The predicted molar refractivity (Wildman–Crippen MR) is 147 cm³/mol. The first-order valence-electron chi connectivity index (χ1n) is 11.5. The summed E-state index contributed by atoms with van der Waals surface area (Å²) in [5.74, 6) is 2.43. The molecule has 172 valence electrons. The Kier molecular flexibility index (Phi) is 8.54. The molecule has 0 unspecified atom stereocenters. The largest absolute Gasteiger partial charge is 1.00 e. The summed E-state index contributed by atoms with van der Waals surface area (Å²) < 4.78 is 0. The molecule has 2 heteroatoms. The summed E-state index contributed by atoms with van der Waals surface area (Å²) in [6.45, 7) is 0. The molecule has 1 aliphatic carbocycles. The smallest absolute Gasteiger partial charge is 0.366 e. The molecule has 0 fully saturated rings. The molecule has 0 aliphatic heterocycles. The van der Waals surface area contributed by atoms with E-state index in [0.29, 0.717) is 0 Å². The monoisotopic (exact) mass is 649 g/mol. The van der Waals surface area contributed by atoms with Crippen LogP contribution >= 0.6 is 7.92 Å². The summed E-state index contributed by atoms with van der Waals surface area (Å²) >= 11 is 0. The topological polar surface area (TPSA) is 0 Å². The van der Waals surface area contributed by atoms with Crippen molar-refractivity contribution in [2.24, 2.45) is 0 Å². The minimum atomic E-state index is -0.877. The van der Waals surface area contributed by atoms with Gasteiger partial charge in [-0.2, -0.15) is 0 Å². The average Bonchev–Trinajstić information content (AvgIpc) is 3.29. The molecule has 0 heterocycles. The van der Waals surface area contributed by atoms with Crippen LogP contribution in [0.2, 0.25) is 0 Å². The van der Waals surface area contributed by atoms with Gasteiger partial charge in [-0.05, 0) is 59.5 Å². The Morgan fingerprint density at radius 1 is 0.514 bits per heavy atom. The molecule has 5 aromatic rings. The second kappa shape index (κ2) is 12.0. The zero-order chi connectivity index (χ0) is 23.2. The number of hydrogen-bond donors (Lipinski definition) is 0. The van der Waals surface area contributed by atoms with Gasteiger partial charge in [-0.3, -0.25) is 5.92 Å². The van der Waals surface area contributed by atoms with Crippen molar-refractivity contribution in [1.29, 1.82) is 0 Å². The quantitative estimate of drug-likeness (QED) is 0.0906. The predicted octanol–water partition coefficient (Wildman–Crippen LogP) is 6.37. The number of fused-ring (bicyclic) bond motifs is 3. The van der Waals surface area contributed by atoms with E-state index < -0.39 is 7.92 Å². The van der Waals surface area contributed by atoms with Gasteiger partial charge in [0.2, 0.25) is 0 Å². The molecule has 35 heavy (non-hydrogen) atoms. The molecule has 0 nitrogen and oxygen atoms in total. The van der Waals surface area contributed by atoms with E-state index in [2.05, 4.69) is 133 Å². The Morgan fingerprint density at radius 2 is 0.971 bits per heavy atom. The molecule has 0 spiro atoms. The molecule has 0 bridgehead atoms. The van der Waals surface area contributed by atoms with Crippen LogP contribution in [0.1, 0.15) is 16.7 Å². The van der Waals surface area contributed by atoms with E-state index in [1.807, 2.05) is 6.07 Å². The fourth-order valence-electron chi connectivity index (χ4n) is 4.54. The Morgan fingerprint density at radius 3 is 1.49 bits per heavy atom. The average molecular weight is 650 g/mol. The molecule has 0 saturated carbocycles. The Hall–Kier alpha value is -3.17. The molecular weight excluding hydrogens is 624 g/mol. The molecule has 1 aliphatic rings. The Bertz CT molecular complexity index is 1330. The molecule has 0 amide bonds. The third-order valence-corrected chi connectivity index (χ3v) is 8.86. The third kappa shape index (κ3) is 5.74. The third-order valence-electron chi connectivity index (χ3n) is 6.13. The summed E-state index contributed by atoms with van der Waals surface area (Å²) in [7, 11) is -0.877. The molecule has 0 radical (unpaired) electrons. The van der Waals surface area contributed by atoms with E-state index in [1.54, 1.807) is 0 Å². The number of benzene rings is 5. The molecule has 5 aromatic carbocycles. The minimum Gasteiger partial charge on any atom is -0.366 e. The summed E-state index contributed by atoms with van der Waals surface area (Å²) in [5, 5.41) is 4.31. The standard InChI is InChI=1S/C18H15P.C15H9.Au/c1-4-10-16(11-5-1)19(17-12-6-2-7-13-17)18-14-8-3-9-15-18;1-2-11-7-8-15-13(9-11)10-12-5-3-4-6-14(12)15;/h1-15H;3-9H,10H2;/q;-1;+1/p+1. The fraction of sp³-hybridized carbons (Fsp3) is 0.0303. The van der Waals surface area contributed by atoms with E-state index >= 15 is 0 Å². The van der Waals surface area contributed by atoms with Crippen molar-refractivity contribution in [3.63, 3.8) is 0 Å². The van der Waals surface area contributed by atoms with E-state index in [4.69, 9.17) is 6.42 Å². The van der Waals surface area contributed by atoms with Gasteiger partial charge in [-0.25, -0.2) is 0 Å². The first kappa shape index (κ1) is 24.9. The van der Waals surface area contributed by atoms with Gasteiger partial charge in [0, 0.05) is 0 Å². The molecule has 0 N–H and O–H groups in total. The molecule has 0 aromatic heterocycles. The van der Waals surface area contributed by atoms with Crippen LogP contribution < -0.4 is 15.9 Å². The Labute approximate surface area is 225 Å². The van der Waals surface area contributed by atoms with E-state index in [-0.39, 0.29) is 22.4 Å². The minimum absolute atomic E-state index is 0. The van der Waals surface area contributed by atoms with Crippen LogP contribution in [0.4, 0.5) is 0 Å². The van der Waals surface area contributed by atoms with Gasteiger partial charge in [0.05, 0.1) is 7.92 Å². The normalized spacial score (nSPS) is 10.7. The summed E-state index contributed by atoms with van der Waals surface area (Å²) in [5.41, 5.74) is 6.21. The van der Waals surface area contributed by atoms with Crippen LogP contribution in [0, 0.1) is 12.3 Å². The van der Waals surface area contributed by atoms with Crippen LogP contribution in [-0.4, -0.2) is 0 Å². The first-order chi connectivity index (χ1) is 16.8. The van der Waals surface area contributed by atoms with E-state index in [1.165, 1.54) is 38.2 Å². The van der Waals surface area contributed by atoms with Gasteiger partial charge < -0.3 is 6.42 Å². The zero-order valence-corrected chi connectivity index (χ0v) is 22.4. The molecule has 0 atom stereocenters. The summed E-state index contributed by atoms with van der Waals surface area (Å²) in [6, 6.07) is 47.1.